The Balaban J connectivity index is 1.37. The van der Waals surface area contributed by atoms with Crippen LogP contribution >= 0.6 is 0 Å². The molecule has 3 saturated heterocycles. The summed E-state index contributed by atoms with van der Waals surface area (Å²) >= 11 is 0. The molecule has 2 aliphatic carbocycles. The fraction of sp³-hybridized carbons (Fsp3) is 0.588. The quantitative estimate of drug-likeness (QED) is 0.456. The molecule has 3 heterocycles. The number of carbonyl (C=O) groups is 2. The monoisotopic (exact) mass is 542 g/mol. The lowest BCUT2D eigenvalue weighted by atomic mass is 9.57. The van der Waals surface area contributed by atoms with E-state index in [1.807, 2.05) is 23.1 Å². The Morgan fingerprint density at radius 1 is 0.900 bits per heavy atom. The molecule has 2 N–H and O–H groups in total. The summed E-state index contributed by atoms with van der Waals surface area (Å²) in [7, 11) is 0. The van der Waals surface area contributed by atoms with Crippen LogP contribution in [0.3, 0.4) is 0 Å². The summed E-state index contributed by atoms with van der Waals surface area (Å²) in [6.07, 6.45) is 9.41. The zero-order chi connectivity index (χ0) is 27.5. The number of hydrogen-bond donors (Lipinski definition) is 2. The van der Waals surface area contributed by atoms with Crippen molar-refractivity contribution in [2.45, 2.75) is 76.4 Å². The van der Waals surface area contributed by atoms with E-state index in [2.05, 4.69) is 64.9 Å². The summed E-state index contributed by atoms with van der Waals surface area (Å²) in [5.74, 6) is 1.65. The highest BCUT2D eigenvalue weighted by Crippen LogP contribution is 2.57. The Labute approximate surface area is 239 Å². The number of nitrogens with one attached hydrogen (secondary N) is 2. The molecule has 6 heteroatoms. The first-order valence-corrected chi connectivity index (χ1v) is 15.8. The number of likely N-dealkylation sites (tertiary alicyclic amines) is 1. The predicted octanol–water partition coefficient (Wildman–Crippen LogP) is 5.24. The second kappa shape index (κ2) is 11.9. The molecule has 7 rings (SSSR count). The molecule has 2 saturated carbocycles. The molecule has 0 radical (unpaired) electrons. The second-order valence-corrected chi connectivity index (χ2v) is 12.8. The van der Waals surface area contributed by atoms with Gasteiger partial charge < -0.3 is 15.5 Å². The Morgan fingerprint density at radius 3 is 2.30 bits per heavy atom. The summed E-state index contributed by atoms with van der Waals surface area (Å²) in [6, 6.07) is 20.9. The summed E-state index contributed by atoms with van der Waals surface area (Å²) in [5, 5.41) is 6.51. The summed E-state index contributed by atoms with van der Waals surface area (Å²) in [6.45, 7) is 5.83. The fourth-order valence-corrected chi connectivity index (χ4v) is 8.67. The Morgan fingerprint density at radius 2 is 1.60 bits per heavy atom. The van der Waals surface area contributed by atoms with Crippen LogP contribution in [0.4, 0.5) is 4.79 Å². The van der Waals surface area contributed by atoms with Gasteiger partial charge >= 0.3 is 6.03 Å². The van der Waals surface area contributed by atoms with Crippen molar-refractivity contribution in [1.82, 2.24) is 20.4 Å². The van der Waals surface area contributed by atoms with Gasteiger partial charge in [0.1, 0.15) is 5.54 Å². The second-order valence-electron chi connectivity index (χ2n) is 12.8. The smallest absolute Gasteiger partial charge is 0.318 e. The summed E-state index contributed by atoms with van der Waals surface area (Å²) in [5.41, 5.74) is 1.59. The van der Waals surface area contributed by atoms with Gasteiger partial charge in [0.2, 0.25) is 5.91 Å². The molecule has 0 aromatic heterocycles. The van der Waals surface area contributed by atoms with E-state index in [-0.39, 0.29) is 23.9 Å². The van der Waals surface area contributed by atoms with Crippen molar-refractivity contribution >= 4 is 11.9 Å². The summed E-state index contributed by atoms with van der Waals surface area (Å²) < 4.78 is 0. The molecule has 5 fully saturated rings. The molecular weight excluding hydrogens is 496 g/mol. The minimum atomic E-state index is -0.838. The number of carbonyl (C=O) groups excluding carboxylic acids is 2. The first-order valence-electron chi connectivity index (χ1n) is 15.8. The lowest BCUT2D eigenvalue weighted by Crippen LogP contribution is -2.78. The molecule has 3 amide bonds. The molecule has 5 aliphatic rings. The number of piperidine rings is 2. The van der Waals surface area contributed by atoms with E-state index in [1.54, 1.807) is 0 Å². The van der Waals surface area contributed by atoms with Crippen LogP contribution in [0.2, 0.25) is 0 Å². The minimum Gasteiger partial charge on any atom is -0.350 e. The first kappa shape index (κ1) is 27.3. The van der Waals surface area contributed by atoms with E-state index in [0.717, 1.165) is 37.9 Å². The van der Waals surface area contributed by atoms with Gasteiger partial charge in [0.25, 0.3) is 0 Å². The highest BCUT2D eigenvalue weighted by Gasteiger charge is 2.72. The largest absolute Gasteiger partial charge is 0.350 e. The molecule has 2 aromatic carbocycles. The molecule has 2 aromatic rings. The molecule has 0 spiro atoms. The number of nitrogens with zero attached hydrogens (tertiary/aromatic N) is 2. The first-order chi connectivity index (χ1) is 19.6. The average Bonchev–Trinajstić information content (AvgIpc) is 3.26. The van der Waals surface area contributed by atoms with Crippen molar-refractivity contribution < 1.29 is 9.59 Å². The molecular formula is C34H46N4O2. The number of benzene rings is 2. The van der Waals surface area contributed by atoms with Crippen molar-refractivity contribution in [3.05, 3.63) is 71.8 Å². The molecule has 6 nitrogen and oxygen atoms in total. The van der Waals surface area contributed by atoms with Gasteiger partial charge in [-0.2, -0.15) is 0 Å². The van der Waals surface area contributed by atoms with Crippen LogP contribution in [-0.4, -0.2) is 59.5 Å². The van der Waals surface area contributed by atoms with Crippen molar-refractivity contribution in [2.24, 2.45) is 23.7 Å². The Hall–Kier alpha value is -2.86. The van der Waals surface area contributed by atoms with Gasteiger partial charge in [0, 0.05) is 44.7 Å². The van der Waals surface area contributed by atoms with E-state index in [1.165, 1.54) is 37.7 Å². The van der Waals surface area contributed by atoms with Crippen molar-refractivity contribution in [2.75, 3.05) is 26.2 Å². The Kier molecular flexibility index (Phi) is 8.15. The van der Waals surface area contributed by atoms with Crippen molar-refractivity contribution in [1.29, 1.82) is 0 Å². The van der Waals surface area contributed by atoms with Crippen molar-refractivity contribution in [3.63, 3.8) is 0 Å². The number of hydrogen-bond acceptors (Lipinski definition) is 3. The van der Waals surface area contributed by atoms with Crippen LogP contribution in [0.1, 0.15) is 63.0 Å². The number of fused-ring (bicyclic) bond motifs is 1. The number of amides is 3. The normalized spacial score (nSPS) is 29.9. The standard InChI is InChI=1S/C34H46N4O2/c1-2-18-35-33(40)38-23-28-20-29-24-37(22-27-16-10-5-11-17-27)31(30(28)19-25-12-6-3-7-13-25)34(29,38)32(39)36-21-26-14-8-4-9-15-26/h3-4,6-9,12-15,27-31H,2,5,10-11,16-24H2,1H3,(H,35,40)(H,36,39). The average molecular weight is 543 g/mol. The number of urea groups is 1. The SMILES string of the molecule is CCCNC(=O)N1CC2CC3CN(CC4CCCCC4)C(C2Cc2ccccc2)C31C(=O)NCc1ccccc1. The van der Waals surface area contributed by atoms with Gasteiger partial charge in [-0.15, -0.1) is 0 Å². The van der Waals surface area contributed by atoms with Gasteiger partial charge in [-0.05, 0) is 61.0 Å². The van der Waals surface area contributed by atoms with Gasteiger partial charge in [-0.1, -0.05) is 86.8 Å². The molecule has 5 atom stereocenters. The topological polar surface area (TPSA) is 64.7 Å². The van der Waals surface area contributed by atoms with Crippen LogP contribution in [0.5, 0.6) is 0 Å². The third-order valence-electron chi connectivity index (χ3n) is 10.3. The fourth-order valence-electron chi connectivity index (χ4n) is 8.67. The third-order valence-corrected chi connectivity index (χ3v) is 10.3. The van der Waals surface area contributed by atoms with Gasteiger partial charge in [-0.3, -0.25) is 9.69 Å². The molecule has 3 aliphatic heterocycles. The van der Waals surface area contributed by atoms with E-state index in [9.17, 15) is 9.59 Å². The minimum absolute atomic E-state index is 0.0373. The molecule has 40 heavy (non-hydrogen) atoms. The zero-order valence-corrected chi connectivity index (χ0v) is 24.1. The third kappa shape index (κ3) is 5.04. The van der Waals surface area contributed by atoms with E-state index in [0.29, 0.717) is 37.4 Å². The van der Waals surface area contributed by atoms with Crippen LogP contribution in [0, 0.1) is 23.7 Å². The van der Waals surface area contributed by atoms with Gasteiger partial charge in [0.05, 0.1) is 0 Å². The highest BCUT2D eigenvalue weighted by molar-refractivity contribution is 5.93. The van der Waals surface area contributed by atoms with E-state index >= 15 is 0 Å². The van der Waals surface area contributed by atoms with Gasteiger partial charge in [0.15, 0.2) is 0 Å². The zero-order valence-electron chi connectivity index (χ0n) is 24.1. The maximum Gasteiger partial charge on any atom is 0.318 e. The molecule has 4 bridgehead atoms. The highest BCUT2D eigenvalue weighted by atomic mass is 16.2. The van der Waals surface area contributed by atoms with E-state index < -0.39 is 5.54 Å². The maximum absolute atomic E-state index is 14.7. The lowest BCUT2D eigenvalue weighted by molar-refractivity contribution is -0.153. The lowest BCUT2D eigenvalue weighted by Gasteiger charge is -2.61. The van der Waals surface area contributed by atoms with Gasteiger partial charge in [-0.25, -0.2) is 4.79 Å². The molecule has 214 valence electrons. The summed E-state index contributed by atoms with van der Waals surface area (Å²) in [4.78, 5) is 33.2. The van der Waals surface area contributed by atoms with Crippen LogP contribution in [0.25, 0.3) is 0 Å². The van der Waals surface area contributed by atoms with Crippen LogP contribution in [-0.2, 0) is 17.8 Å². The van der Waals surface area contributed by atoms with Crippen molar-refractivity contribution in [3.8, 4) is 0 Å². The van der Waals surface area contributed by atoms with E-state index in [4.69, 9.17) is 0 Å². The Bertz CT molecular complexity index is 1150. The van der Waals surface area contributed by atoms with Crippen LogP contribution in [0.15, 0.2) is 60.7 Å². The number of rotatable bonds is 9. The maximum atomic E-state index is 14.7. The predicted molar refractivity (Wildman–Crippen MR) is 159 cm³/mol. The van der Waals surface area contributed by atoms with Crippen LogP contribution < -0.4 is 10.6 Å². The molecule has 5 unspecified atom stereocenters.